The smallest absolute Gasteiger partial charge is 0.0936 e. The molecule has 0 bridgehead atoms. The standard InChI is InChI=1S/C12H25NO2/c1-10(2)5-4-6-14-9-12-8-13-7-11(3)15-12/h10-13H,4-9H2,1-3H3. The number of hydrogen-bond acceptors (Lipinski definition) is 3. The topological polar surface area (TPSA) is 30.5 Å². The van der Waals surface area contributed by atoms with Crippen molar-refractivity contribution in [1.29, 1.82) is 0 Å². The first-order valence-electron chi connectivity index (χ1n) is 6.12. The molecule has 1 N–H and O–H groups in total. The van der Waals surface area contributed by atoms with E-state index in [0.717, 1.165) is 38.6 Å². The highest BCUT2D eigenvalue weighted by molar-refractivity contribution is 4.71. The zero-order valence-corrected chi connectivity index (χ0v) is 10.3. The van der Waals surface area contributed by atoms with Crippen LogP contribution in [0.3, 0.4) is 0 Å². The summed E-state index contributed by atoms with van der Waals surface area (Å²) in [5, 5.41) is 3.34. The molecule has 1 aliphatic rings. The fraction of sp³-hybridized carbons (Fsp3) is 1.00. The SMILES string of the molecule is CC(C)CCCOCC1CNCC(C)O1. The van der Waals surface area contributed by atoms with Gasteiger partial charge in [0.2, 0.25) is 0 Å². The molecule has 15 heavy (non-hydrogen) atoms. The van der Waals surface area contributed by atoms with Crippen LogP contribution in [0.25, 0.3) is 0 Å². The number of hydrogen-bond donors (Lipinski definition) is 1. The van der Waals surface area contributed by atoms with Gasteiger partial charge in [0.05, 0.1) is 18.8 Å². The lowest BCUT2D eigenvalue weighted by molar-refractivity contribution is -0.0689. The van der Waals surface area contributed by atoms with Crippen LogP contribution in [0.4, 0.5) is 0 Å². The van der Waals surface area contributed by atoms with Crippen molar-refractivity contribution in [3.8, 4) is 0 Å². The first-order chi connectivity index (χ1) is 7.18. The molecule has 0 aromatic heterocycles. The molecule has 3 heteroatoms. The highest BCUT2D eigenvalue weighted by Gasteiger charge is 2.18. The van der Waals surface area contributed by atoms with Gasteiger partial charge >= 0.3 is 0 Å². The van der Waals surface area contributed by atoms with Crippen molar-refractivity contribution in [1.82, 2.24) is 5.32 Å². The molecule has 1 saturated heterocycles. The third-order valence-corrected chi connectivity index (χ3v) is 2.60. The molecule has 1 fully saturated rings. The molecule has 0 aromatic carbocycles. The van der Waals surface area contributed by atoms with Crippen LogP contribution in [0.5, 0.6) is 0 Å². The van der Waals surface area contributed by atoms with Crippen LogP contribution in [0.15, 0.2) is 0 Å². The summed E-state index contributed by atoms with van der Waals surface area (Å²) in [6.07, 6.45) is 2.98. The maximum Gasteiger partial charge on any atom is 0.0936 e. The van der Waals surface area contributed by atoms with Crippen molar-refractivity contribution in [2.45, 2.75) is 45.8 Å². The third-order valence-electron chi connectivity index (χ3n) is 2.60. The van der Waals surface area contributed by atoms with E-state index in [9.17, 15) is 0 Å². The Hall–Kier alpha value is -0.120. The lowest BCUT2D eigenvalue weighted by Crippen LogP contribution is -2.45. The van der Waals surface area contributed by atoms with Gasteiger partial charge in [0.15, 0.2) is 0 Å². The Labute approximate surface area is 93.5 Å². The van der Waals surface area contributed by atoms with Crippen LogP contribution in [-0.4, -0.2) is 38.5 Å². The second-order valence-corrected chi connectivity index (χ2v) is 4.84. The van der Waals surface area contributed by atoms with Crippen molar-refractivity contribution in [3.63, 3.8) is 0 Å². The molecule has 0 amide bonds. The molecule has 3 nitrogen and oxygen atoms in total. The van der Waals surface area contributed by atoms with Crippen molar-refractivity contribution in [3.05, 3.63) is 0 Å². The Morgan fingerprint density at radius 1 is 1.40 bits per heavy atom. The largest absolute Gasteiger partial charge is 0.379 e. The van der Waals surface area contributed by atoms with E-state index < -0.39 is 0 Å². The molecule has 1 heterocycles. The van der Waals surface area contributed by atoms with E-state index in [1.54, 1.807) is 0 Å². The van der Waals surface area contributed by atoms with Crippen molar-refractivity contribution >= 4 is 0 Å². The van der Waals surface area contributed by atoms with Gasteiger partial charge in [-0.05, 0) is 25.7 Å². The average molecular weight is 215 g/mol. The predicted molar refractivity (Wildman–Crippen MR) is 62.1 cm³/mol. The Kier molecular flexibility index (Phi) is 6.22. The van der Waals surface area contributed by atoms with E-state index in [-0.39, 0.29) is 6.10 Å². The van der Waals surface area contributed by atoms with E-state index in [0.29, 0.717) is 6.10 Å². The maximum absolute atomic E-state index is 5.73. The predicted octanol–water partition coefficient (Wildman–Crippen LogP) is 1.82. The summed E-state index contributed by atoms with van der Waals surface area (Å²) >= 11 is 0. The molecule has 0 saturated carbocycles. The lowest BCUT2D eigenvalue weighted by atomic mass is 10.1. The van der Waals surface area contributed by atoms with Crippen LogP contribution in [0.2, 0.25) is 0 Å². The Balaban J connectivity index is 1.95. The number of morpholine rings is 1. The minimum atomic E-state index is 0.243. The Morgan fingerprint density at radius 2 is 2.20 bits per heavy atom. The monoisotopic (exact) mass is 215 g/mol. The van der Waals surface area contributed by atoms with E-state index in [2.05, 4.69) is 26.1 Å². The highest BCUT2D eigenvalue weighted by Crippen LogP contribution is 2.06. The summed E-state index contributed by atoms with van der Waals surface area (Å²) in [6.45, 7) is 10.1. The van der Waals surface area contributed by atoms with E-state index in [1.165, 1.54) is 6.42 Å². The Morgan fingerprint density at radius 3 is 2.87 bits per heavy atom. The molecule has 0 radical (unpaired) electrons. The number of ether oxygens (including phenoxy) is 2. The minimum absolute atomic E-state index is 0.243. The average Bonchev–Trinajstić information content (AvgIpc) is 2.17. The van der Waals surface area contributed by atoms with Gasteiger partial charge in [-0.15, -0.1) is 0 Å². The Bertz CT molecular complexity index is 162. The fourth-order valence-corrected chi connectivity index (χ4v) is 1.78. The summed E-state index contributed by atoms with van der Waals surface area (Å²) in [4.78, 5) is 0. The van der Waals surface area contributed by atoms with Crippen LogP contribution in [-0.2, 0) is 9.47 Å². The van der Waals surface area contributed by atoms with Crippen molar-refractivity contribution < 1.29 is 9.47 Å². The summed E-state index contributed by atoms with van der Waals surface area (Å²) in [5.74, 6) is 0.779. The molecular weight excluding hydrogens is 190 g/mol. The molecule has 1 aliphatic heterocycles. The summed E-state index contributed by atoms with van der Waals surface area (Å²) in [6, 6.07) is 0. The van der Waals surface area contributed by atoms with Crippen LogP contribution in [0.1, 0.15) is 33.6 Å². The maximum atomic E-state index is 5.73. The second-order valence-electron chi connectivity index (χ2n) is 4.84. The second kappa shape index (κ2) is 7.20. The third kappa shape index (κ3) is 6.13. The fourth-order valence-electron chi connectivity index (χ4n) is 1.78. The van der Waals surface area contributed by atoms with E-state index >= 15 is 0 Å². The van der Waals surface area contributed by atoms with Gasteiger partial charge in [0.1, 0.15) is 0 Å². The summed E-state index contributed by atoms with van der Waals surface area (Å²) in [7, 11) is 0. The lowest BCUT2D eigenvalue weighted by Gasteiger charge is -2.28. The molecule has 1 rings (SSSR count). The molecule has 0 aromatic rings. The quantitative estimate of drug-likeness (QED) is 0.686. The first kappa shape index (κ1) is 12.9. The molecule has 90 valence electrons. The van der Waals surface area contributed by atoms with Gasteiger partial charge in [-0.25, -0.2) is 0 Å². The molecule has 0 spiro atoms. The van der Waals surface area contributed by atoms with E-state index in [1.807, 2.05) is 0 Å². The number of nitrogens with one attached hydrogen (secondary N) is 1. The van der Waals surface area contributed by atoms with Crippen LogP contribution < -0.4 is 5.32 Å². The van der Waals surface area contributed by atoms with E-state index in [4.69, 9.17) is 9.47 Å². The first-order valence-corrected chi connectivity index (χ1v) is 6.12. The van der Waals surface area contributed by atoms with Crippen molar-refractivity contribution in [2.24, 2.45) is 5.92 Å². The molecule has 0 aliphatic carbocycles. The van der Waals surface area contributed by atoms with Gasteiger partial charge in [0, 0.05) is 19.7 Å². The van der Waals surface area contributed by atoms with Gasteiger partial charge < -0.3 is 14.8 Å². The highest BCUT2D eigenvalue weighted by atomic mass is 16.5. The number of rotatable bonds is 6. The summed E-state index contributed by atoms with van der Waals surface area (Å²) in [5.41, 5.74) is 0. The summed E-state index contributed by atoms with van der Waals surface area (Å²) < 4.78 is 11.3. The van der Waals surface area contributed by atoms with Crippen LogP contribution >= 0.6 is 0 Å². The van der Waals surface area contributed by atoms with Gasteiger partial charge in [-0.3, -0.25) is 0 Å². The molecule has 2 unspecified atom stereocenters. The normalized spacial score (nSPS) is 27.2. The van der Waals surface area contributed by atoms with Gasteiger partial charge in [-0.1, -0.05) is 13.8 Å². The van der Waals surface area contributed by atoms with Gasteiger partial charge in [-0.2, -0.15) is 0 Å². The molecular formula is C12H25NO2. The van der Waals surface area contributed by atoms with Gasteiger partial charge in [0.25, 0.3) is 0 Å². The molecule has 2 atom stereocenters. The zero-order valence-electron chi connectivity index (χ0n) is 10.3. The zero-order chi connectivity index (χ0) is 11.1. The van der Waals surface area contributed by atoms with Crippen LogP contribution in [0, 0.1) is 5.92 Å². The van der Waals surface area contributed by atoms with Crippen molar-refractivity contribution in [2.75, 3.05) is 26.3 Å². The minimum Gasteiger partial charge on any atom is -0.379 e.